The van der Waals surface area contributed by atoms with Crippen molar-refractivity contribution in [3.8, 4) is 0 Å². The molecule has 2 rings (SSSR count). The zero-order chi connectivity index (χ0) is 14.7. The summed E-state index contributed by atoms with van der Waals surface area (Å²) in [6.45, 7) is 0. The third kappa shape index (κ3) is 3.49. The Kier molecular flexibility index (Phi) is 4.62. The van der Waals surface area contributed by atoms with Crippen molar-refractivity contribution in [1.82, 2.24) is 0 Å². The molecule has 1 unspecified atom stereocenters. The third-order valence-electron chi connectivity index (χ3n) is 2.72. The molecule has 0 heterocycles. The summed E-state index contributed by atoms with van der Waals surface area (Å²) in [5.41, 5.74) is 6.61. The molecular formula is C14H11BrClFN2O. The normalized spacial score (nSPS) is 11.9. The molecule has 0 spiro atoms. The van der Waals surface area contributed by atoms with Gasteiger partial charge in [-0.25, -0.2) is 4.39 Å². The zero-order valence-electron chi connectivity index (χ0n) is 10.2. The summed E-state index contributed by atoms with van der Waals surface area (Å²) in [6.07, 6.45) is 0. The Morgan fingerprint density at radius 3 is 2.45 bits per heavy atom. The maximum atomic E-state index is 13.2. The van der Waals surface area contributed by atoms with E-state index in [4.69, 9.17) is 17.3 Å². The van der Waals surface area contributed by atoms with Gasteiger partial charge in [0, 0.05) is 10.2 Å². The lowest BCUT2D eigenvalue weighted by atomic mass is 10.1. The molecule has 0 aliphatic carbocycles. The lowest BCUT2D eigenvalue weighted by Gasteiger charge is -2.17. The van der Waals surface area contributed by atoms with Crippen molar-refractivity contribution in [3.63, 3.8) is 0 Å². The molecule has 0 saturated carbocycles. The number of carbonyl (C=O) groups excluding carboxylic acids is 1. The van der Waals surface area contributed by atoms with Gasteiger partial charge < -0.3 is 11.1 Å². The Morgan fingerprint density at radius 1 is 1.25 bits per heavy atom. The van der Waals surface area contributed by atoms with Crippen molar-refractivity contribution in [1.29, 1.82) is 0 Å². The highest BCUT2D eigenvalue weighted by Gasteiger charge is 2.18. The van der Waals surface area contributed by atoms with Crippen LogP contribution in [0.25, 0.3) is 0 Å². The first-order valence-electron chi connectivity index (χ1n) is 5.74. The first-order chi connectivity index (χ1) is 9.47. The van der Waals surface area contributed by atoms with Gasteiger partial charge in [0.25, 0.3) is 0 Å². The van der Waals surface area contributed by atoms with E-state index >= 15 is 0 Å². The van der Waals surface area contributed by atoms with Crippen LogP contribution in [0.15, 0.2) is 46.9 Å². The number of nitrogens with two attached hydrogens (primary N) is 1. The number of anilines is 1. The van der Waals surface area contributed by atoms with E-state index in [0.29, 0.717) is 5.56 Å². The average Bonchev–Trinajstić information content (AvgIpc) is 2.41. The van der Waals surface area contributed by atoms with Crippen LogP contribution in [0, 0.1) is 5.82 Å². The predicted octanol–water partition coefficient (Wildman–Crippen LogP) is 3.88. The van der Waals surface area contributed by atoms with E-state index in [0.717, 1.165) is 10.2 Å². The van der Waals surface area contributed by atoms with Crippen LogP contribution in [-0.4, -0.2) is 5.91 Å². The molecule has 3 nitrogen and oxygen atoms in total. The van der Waals surface area contributed by atoms with E-state index in [2.05, 4.69) is 21.2 Å². The molecule has 0 saturated heterocycles. The van der Waals surface area contributed by atoms with Gasteiger partial charge in [0.1, 0.15) is 11.9 Å². The number of amides is 1. The van der Waals surface area contributed by atoms with Gasteiger partial charge in [0.2, 0.25) is 5.91 Å². The molecule has 6 heteroatoms. The fraction of sp³-hybridized carbons (Fsp3) is 0.0714. The van der Waals surface area contributed by atoms with Crippen molar-refractivity contribution in [2.75, 3.05) is 5.32 Å². The van der Waals surface area contributed by atoms with Gasteiger partial charge in [-0.2, -0.15) is 0 Å². The van der Waals surface area contributed by atoms with Crippen molar-refractivity contribution in [3.05, 3.63) is 63.3 Å². The topological polar surface area (TPSA) is 55.1 Å². The quantitative estimate of drug-likeness (QED) is 0.872. The lowest BCUT2D eigenvalue weighted by Crippen LogP contribution is -2.27. The maximum Gasteiger partial charge on any atom is 0.244 e. The molecule has 20 heavy (non-hydrogen) atoms. The molecule has 1 atom stereocenters. The van der Waals surface area contributed by atoms with Gasteiger partial charge in [-0.15, -0.1) is 0 Å². The number of benzene rings is 2. The summed E-state index contributed by atoms with van der Waals surface area (Å²) < 4.78 is 14.1. The summed E-state index contributed by atoms with van der Waals surface area (Å²) in [6, 6.07) is 10.5. The second kappa shape index (κ2) is 6.24. The zero-order valence-corrected chi connectivity index (χ0v) is 12.6. The minimum atomic E-state index is -0.783. The number of halogens is 3. The fourth-order valence-electron chi connectivity index (χ4n) is 1.72. The van der Waals surface area contributed by atoms with Gasteiger partial charge in [-0.1, -0.05) is 33.6 Å². The molecule has 0 aliphatic rings. The van der Waals surface area contributed by atoms with Crippen LogP contribution in [0.5, 0.6) is 0 Å². The number of hydrogen-bond acceptors (Lipinski definition) is 2. The van der Waals surface area contributed by atoms with Gasteiger partial charge in [0.15, 0.2) is 0 Å². The van der Waals surface area contributed by atoms with E-state index < -0.39 is 17.8 Å². The molecule has 0 fully saturated rings. The van der Waals surface area contributed by atoms with Crippen LogP contribution < -0.4 is 11.1 Å². The largest absolute Gasteiger partial charge is 0.370 e. The molecule has 1 amide bonds. The summed E-state index contributed by atoms with van der Waals surface area (Å²) in [4.78, 5) is 11.6. The molecule has 0 radical (unpaired) electrons. The minimum absolute atomic E-state index is 0.0497. The first kappa shape index (κ1) is 14.8. The fourth-order valence-corrected chi connectivity index (χ4v) is 2.18. The maximum absolute atomic E-state index is 13.2. The lowest BCUT2D eigenvalue weighted by molar-refractivity contribution is -0.118. The van der Waals surface area contributed by atoms with Gasteiger partial charge in [-0.05, 0) is 42.0 Å². The summed E-state index contributed by atoms with van der Waals surface area (Å²) in [7, 11) is 0. The summed E-state index contributed by atoms with van der Waals surface area (Å²) in [5, 5.41) is 2.94. The van der Waals surface area contributed by atoms with E-state index in [-0.39, 0.29) is 5.02 Å². The second-order valence-corrected chi connectivity index (χ2v) is 5.48. The molecule has 3 N–H and O–H groups in total. The van der Waals surface area contributed by atoms with Crippen LogP contribution in [0.4, 0.5) is 10.1 Å². The van der Waals surface area contributed by atoms with E-state index in [1.165, 1.54) is 18.2 Å². The number of nitrogens with one attached hydrogen (secondary N) is 1. The number of rotatable bonds is 4. The van der Waals surface area contributed by atoms with Crippen molar-refractivity contribution in [2.45, 2.75) is 6.04 Å². The van der Waals surface area contributed by atoms with E-state index in [9.17, 15) is 9.18 Å². The van der Waals surface area contributed by atoms with Crippen LogP contribution in [-0.2, 0) is 4.79 Å². The Balaban J connectivity index is 2.29. The Morgan fingerprint density at radius 2 is 1.90 bits per heavy atom. The highest BCUT2D eigenvalue weighted by atomic mass is 79.9. The minimum Gasteiger partial charge on any atom is -0.370 e. The van der Waals surface area contributed by atoms with Crippen LogP contribution in [0.2, 0.25) is 5.02 Å². The van der Waals surface area contributed by atoms with Crippen molar-refractivity contribution >= 4 is 39.1 Å². The number of primary amides is 1. The predicted molar refractivity (Wildman–Crippen MR) is 81.1 cm³/mol. The standard InChI is InChI=1S/C14H11BrClFN2O/c15-9-2-4-10(5-3-9)19-13(14(18)20)8-1-6-12(17)11(16)7-8/h1-7,13,19H,(H2,18,20). The Bertz CT molecular complexity index is 634. The SMILES string of the molecule is NC(=O)C(Nc1ccc(Br)cc1)c1ccc(F)c(Cl)c1. The van der Waals surface area contributed by atoms with Gasteiger partial charge in [0.05, 0.1) is 5.02 Å². The van der Waals surface area contributed by atoms with Crippen LogP contribution >= 0.6 is 27.5 Å². The Labute approximate surface area is 129 Å². The summed E-state index contributed by atoms with van der Waals surface area (Å²) >= 11 is 9.05. The number of hydrogen-bond donors (Lipinski definition) is 2. The van der Waals surface area contributed by atoms with Crippen molar-refractivity contribution in [2.24, 2.45) is 5.73 Å². The number of carbonyl (C=O) groups is 1. The molecular weight excluding hydrogens is 347 g/mol. The second-order valence-electron chi connectivity index (χ2n) is 4.16. The van der Waals surface area contributed by atoms with E-state index in [1.807, 2.05) is 12.1 Å². The highest BCUT2D eigenvalue weighted by molar-refractivity contribution is 9.10. The molecule has 104 valence electrons. The van der Waals surface area contributed by atoms with Crippen molar-refractivity contribution < 1.29 is 9.18 Å². The Hall–Kier alpha value is -1.59. The van der Waals surface area contributed by atoms with Crippen LogP contribution in [0.3, 0.4) is 0 Å². The molecule has 0 aliphatic heterocycles. The molecule has 0 aromatic heterocycles. The molecule has 0 bridgehead atoms. The van der Waals surface area contributed by atoms with E-state index in [1.54, 1.807) is 12.1 Å². The highest BCUT2D eigenvalue weighted by Crippen LogP contribution is 2.24. The average molecular weight is 358 g/mol. The summed E-state index contributed by atoms with van der Waals surface area (Å²) in [5.74, 6) is -1.11. The third-order valence-corrected chi connectivity index (χ3v) is 3.54. The van der Waals surface area contributed by atoms with Gasteiger partial charge >= 0.3 is 0 Å². The first-order valence-corrected chi connectivity index (χ1v) is 6.91. The van der Waals surface area contributed by atoms with Gasteiger partial charge in [-0.3, -0.25) is 4.79 Å². The monoisotopic (exact) mass is 356 g/mol. The van der Waals surface area contributed by atoms with Crippen LogP contribution in [0.1, 0.15) is 11.6 Å². The molecule has 2 aromatic carbocycles. The molecule has 2 aromatic rings. The smallest absolute Gasteiger partial charge is 0.244 e.